The minimum absolute atomic E-state index is 0.149. The van der Waals surface area contributed by atoms with Crippen molar-refractivity contribution in [3.8, 4) is 0 Å². The molecule has 6 heteroatoms. The summed E-state index contributed by atoms with van der Waals surface area (Å²) >= 11 is 5.76. The van der Waals surface area contributed by atoms with Gasteiger partial charge in [-0.25, -0.2) is 10.3 Å². The highest BCUT2D eigenvalue weighted by Crippen LogP contribution is 2.22. The fraction of sp³-hybridized carbons (Fsp3) is 0.0769. The van der Waals surface area contributed by atoms with Crippen LogP contribution < -0.4 is 10.3 Å². The molecule has 2 rings (SSSR count). The van der Waals surface area contributed by atoms with E-state index in [0.29, 0.717) is 10.7 Å². The van der Waals surface area contributed by atoms with E-state index in [0.717, 1.165) is 9.98 Å². The summed E-state index contributed by atoms with van der Waals surface area (Å²) in [6.07, 6.45) is 0. The van der Waals surface area contributed by atoms with Gasteiger partial charge in [0.2, 0.25) is 0 Å². The van der Waals surface area contributed by atoms with Gasteiger partial charge in [-0.3, -0.25) is 0 Å². The third kappa shape index (κ3) is 2.89. The standard InChI is InChI=1S/C13H13ClN2O2S/c1-10-2-8-13(9-3-10)19(17,18)16(15)12-6-4-11(14)5-7-12/h2-9H,15H2,1H3. The van der Waals surface area contributed by atoms with Gasteiger partial charge < -0.3 is 0 Å². The summed E-state index contributed by atoms with van der Waals surface area (Å²) in [4.78, 5) is 0.149. The van der Waals surface area contributed by atoms with Gasteiger partial charge in [-0.1, -0.05) is 29.3 Å². The van der Waals surface area contributed by atoms with Crippen molar-refractivity contribution in [2.75, 3.05) is 4.41 Å². The Bertz CT molecular complexity index is 667. The molecule has 0 bridgehead atoms. The Morgan fingerprint density at radius 3 is 2.05 bits per heavy atom. The molecular formula is C13H13ClN2O2S. The lowest BCUT2D eigenvalue weighted by atomic mass is 10.2. The van der Waals surface area contributed by atoms with Crippen molar-refractivity contribution in [3.05, 3.63) is 59.1 Å². The Morgan fingerprint density at radius 1 is 1.00 bits per heavy atom. The molecule has 0 saturated carbocycles. The highest BCUT2D eigenvalue weighted by Gasteiger charge is 2.21. The summed E-state index contributed by atoms with van der Waals surface area (Å²) in [5, 5.41) is 0.518. The molecule has 2 aromatic carbocycles. The number of hydrogen-bond acceptors (Lipinski definition) is 3. The fourth-order valence-electron chi connectivity index (χ4n) is 1.55. The van der Waals surface area contributed by atoms with Crippen molar-refractivity contribution in [2.24, 2.45) is 5.84 Å². The SMILES string of the molecule is Cc1ccc(S(=O)(=O)N(N)c2ccc(Cl)cc2)cc1. The van der Waals surface area contributed by atoms with E-state index in [4.69, 9.17) is 17.4 Å². The van der Waals surface area contributed by atoms with Crippen LogP contribution in [-0.2, 0) is 10.0 Å². The topological polar surface area (TPSA) is 63.4 Å². The second-order valence-corrected chi connectivity index (χ2v) is 6.34. The van der Waals surface area contributed by atoms with Crippen LogP contribution in [-0.4, -0.2) is 8.42 Å². The number of nitrogens with two attached hydrogens (primary N) is 1. The molecule has 4 nitrogen and oxygen atoms in total. The van der Waals surface area contributed by atoms with Crippen molar-refractivity contribution in [1.82, 2.24) is 0 Å². The van der Waals surface area contributed by atoms with Crippen LogP contribution in [0.4, 0.5) is 5.69 Å². The maximum Gasteiger partial charge on any atom is 0.277 e. The van der Waals surface area contributed by atoms with Gasteiger partial charge in [0.25, 0.3) is 10.0 Å². The van der Waals surface area contributed by atoms with E-state index in [9.17, 15) is 8.42 Å². The van der Waals surface area contributed by atoms with E-state index < -0.39 is 10.0 Å². The van der Waals surface area contributed by atoms with Crippen LogP contribution >= 0.6 is 11.6 Å². The summed E-state index contributed by atoms with van der Waals surface area (Å²) in [5.74, 6) is 5.70. The molecule has 2 N–H and O–H groups in total. The van der Waals surface area contributed by atoms with Crippen LogP contribution in [0.15, 0.2) is 53.4 Å². The summed E-state index contributed by atoms with van der Waals surface area (Å²) in [7, 11) is -3.75. The Morgan fingerprint density at radius 2 is 1.53 bits per heavy atom. The summed E-state index contributed by atoms with van der Waals surface area (Å²) in [6, 6.07) is 12.8. The van der Waals surface area contributed by atoms with Gasteiger partial charge in [0, 0.05) is 5.02 Å². The molecule has 0 aliphatic rings. The Labute approximate surface area is 117 Å². The first kappa shape index (κ1) is 13.9. The number of rotatable bonds is 3. The van der Waals surface area contributed by atoms with Crippen LogP contribution in [0.1, 0.15) is 5.56 Å². The molecule has 0 fully saturated rings. The average Bonchev–Trinajstić information content (AvgIpc) is 2.39. The lowest BCUT2D eigenvalue weighted by molar-refractivity contribution is 0.592. The summed E-state index contributed by atoms with van der Waals surface area (Å²) in [6.45, 7) is 1.88. The van der Waals surface area contributed by atoms with E-state index in [1.54, 1.807) is 36.4 Å². The number of aryl methyl sites for hydroxylation is 1. The Kier molecular flexibility index (Phi) is 3.80. The molecule has 0 saturated heterocycles. The van der Waals surface area contributed by atoms with E-state index >= 15 is 0 Å². The molecular weight excluding hydrogens is 284 g/mol. The highest BCUT2D eigenvalue weighted by atomic mass is 35.5. The molecule has 0 heterocycles. The van der Waals surface area contributed by atoms with Crippen molar-refractivity contribution in [2.45, 2.75) is 11.8 Å². The predicted octanol–water partition coefficient (Wildman–Crippen LogP) is 2.72. The molecule has 0 aliphatic heterocycles. The smallest absolute Gasteiger partial charge is 0.233 e. The first-order valence-corrected chi connectivity index (χ1v) is 7.35. The third-order valence-corrected chi connectivity index (χ3v) is 4.51. The minimum Gasteiger partial charge on any atom is -0.233 e. The van der Waals surface area contributed by atoms with E-state index in [-0.39, 0.29) is 4.90 Å². The minimum atomic E-state index is -3.75. The number of hydrogen-bond donors (Lipinski definition) is 1. The van der Waals surface area contributed by atoms with Crippen LogP contribution in [0, 0.1) is 6.92 Å². The normalized spacial score (nSPS) is 11.3. The second-order valence-electron chi connectivity index (χ2n) is 4.09. The number of anilines is 1. The largest absolute Gasteiger partial charge is 0.277 e. The molecule has 0 aromatic heterocycles. The Balaban J connectivity index is 2.39. The van der Waals surface area contributed by atoms with Gasteiger partial charge in [0.15, 0.2) is 0 Å². The zero-order valence-electron chi connectivity index (χ0n) is 10.2. The van der Waals surface area contributed by atoms with Gasteiger partial charge in [0.1, 0.15) is 0 Å². The molecule has 100 valence electrons. The van der Waals surface area contributed by atoms with Crippen LogP contribution in [0.25, 0.3) is 0 Å². The molecule has 19 heavy (non-hydrogen) atoms. The average molecular weight is 297 g/mol. The maximum atomic E-state index is 12.3. The van der Waals surface area contributed by atoms with Crippen molar-refractivity contribution >= 4 is 27.3 Å². The lowest BCUT2D eigenvalue weighted by Gasteiger charge is -2.18. The first-order chi connectivity index (χ1) is 8.91. The second kappa shape index (κ2) is 5.21. The van der Waals surface area contributed by atoms with Crippen LogP contribution in [0.3, 0.4) is 0 Å². The molecule has 2 aromatic rings. The molecule has 0 unspecified atom stereocenters. The van der Waals surface area contributed by atoms with E-state index in [1.807, 2.05) is 6.92 Å². The van der Waals surface area contributed by atoms with Gasteiger partial charge in [0.05, 0.1) is 10.6 Å². The number of nitrogens with zero attached hydrogens (tertiary/aromatic N) is 1. The zero-order chi connectivity index (χ0) is 14.0. The van der Waals surface area contributed by atoms with Gasteiger partial charge in [-0.15, -0.1) is 0 Å². The summed E-state index contributed by atoms with van der Waals surface area (Å²) in [5.41, 5.74) is 1.33. The quantitative estimate of drug-likeness (QED) is 0.700. The highest BCUT2D eigenvalue weighted by molar-refractivity contribution is 7.92. The molecule has 0 aliphatic carbocycles. The first-order valence-electron chi connectivity index (χ1n) is 5.53. The molecule has 0 spiro atoms. The number of hydrazine groups is 1. The zero-order valence-corrected chi connectivity index (χ0v) is 11.8. The van der Waals surface area contributed by atoms with Crippen molar-refractivity contribution in [1.29, 1.82) is 0 Å². The van der Waals surface area contributed by atoms with E-state index in [2.05, 4.69) is 0 Å². The predicted molar refractivity (Wildman–Crippen MR) is 76.5 cm³/mol. The van der Waals surface area contributed by atoms with Crippen LogP contribution in [0.5, 0.6) is 0 Å². The number of halogens is 1. The van der Waals surface area contributed by atoms with Gasteiger partial charge in [-0.05, 0) is 43.3 Å². The van der Waals surface area contributed by atoms with Crippen molar-refractivity contribution in [3.63, 3.8) is 0 Å². The number of sulfonamides is 1. The third-order valence-electron chi connectivity index (χ3n) is 2.66. The maximum absolute atomic E-state index is 12.3. The fourth-order valence-corrected chi connectivity index (χ4v) is 2.78. The molecule has 0 atom stereocenters. The molecule has 0 radical (unpaired) electrons. The lowest BCUT2D eigenvalue weighted by Crippen LogP contribution is -2.37. The number of benzene rings is 2. The summed E-state index contributed by atoms with van der Waals surface area (Å²) < 4.78 is 25.3. The van der Waals surface area contributed by atoms with Crippen molar-refractivity contribution < 1.29 is 8.42 Å². The monoisotopic (exact) mass is 296 g/mol. The molecule has 0 amide bonds. The van der Waals surface area contributed by atoms with E-state index in [1.165, 1.54) is 12.1 Å². The Hall–Kier alpha value is -1.56. The van der Waals surface area contributed by atoms with Gasteiger partial charge >= 0.3 is 0 Å². The van der Waals surface area contributed by atoms with Crippen LogP contribution in [0.2, 0.25) is 5.02 Å². The van der Waals surface area contributed by atoms with Gasteiger partial charge in [-0.2, -0.15) is 8.42 Å².